The van der Waals surface area contributed by atoms with E-state index >= 15 is 0 Å². The minimum atomic E-state index is -5.10. The number of carbonyl (C=O) groups is 2. The van der Waals surface area contributed by atoms with Gasteiger partial charge in [0.05, 0.1) is 6.61 Å². The maximum atomic E-state index is 12.6. The fraction of sp³-hybridized carbons (Fsp3) is 0.784. The van der Waals surface area contributed by atoms with Crippen LogP contribution in [0.25, 0.3) is 0 Å². The smallest absolute Gasteiger partial charge is 0.462 e. The molecule has 0 aliphatic heterocycles. The second kappa shape index (κ2) is 28.6. The first kappa shape index (κ1) is 47.1. The van der Waals surface area contributed by atoms with Gasteiger partial charge in [-0.2, -0.15) is 0 Å². The van der Waals surface area contributed by atoms with E-state index in [0.29, 0.717) is 12.8 Å². The zero-order chi connectivity index (χ0) is 37.9. The Kier molecular flexibility index (Phi) is 26.4. The van der Waals surface area contributed by atoms with Gasteiger partial charge in [0, 0.05) is 12.8 Å². The third-order valence-corrected chi connectivity index (χ3v) is 9.47. The van der Waals surface area contributed by atoms with Gasteiger partial charge in [-0.1, -0.05) is 102 Å². The summed E-state index contributed by atoms with van der Waals surface area (Å²) in [6, 6.07) is 0. The van der Waals surface area contributed by atoms with Crippen LogP contribution in [0.1, 0.15) is 129 Å². The molecule has 0 aromatic rings. The molecule has 1 fully saturated rings. The summed E-state index contributed by atoms with van der Waals surface area (Å²) in [4.78, 5) is 34.9. The van der Waals surface area contributed by atoms with Crippen molar-refractivity contribution in [3.63, 3.8) is 0 Å². The van der Waals surface area contributed by atoms with E-state index < -0.39 is 75.7 Å². The zero-order valence-electron chi connectivity index (χ0n) is 30.6. The van der Waals surface area contributed by atoms with Crippen molar-refractivity contribution < 1.29 is 63.1 Å². The molecule has 0 spiro atoms. The summed E-state index contributed by atoms with van der Waals surface area (Å²) in [5.41, 5.74) is 0. The van der Waals surface area contributed by atoms with E-state index in [4.69, 9.17) is 18.5 Å². The molecule has 296 valence electrons. The van der Waals surface area contributed by atoms with Gasteiger partial charge in [0.15, 0.2) is 6.10 Å². The fourth-order valence-electron chi connectivity index (χ4n) is 5.35. The standard InChI is InChI=1S/C37H65O13P/c1-3-5-7-8-9-10-11-12-13-14-15-16-17-18-19-20-21-22-24-26-31(39)49-29(27-47-30(38)25-23-6-4-2)28-48-51(45,46)50-37-35(43)33(41)32(40)34(42)36(37)44/h9-10,12-13,15-16,29,32-37,40-44H,3-8,11,14,17-28H2,1-2H3,(H,45,46)/b10-9-,13-12-,16-15-. The molecule has 0 amide bonds. The summed E-state index contributed by atoms with van der Waals surface area (Å²) in [7, 11) is -5.10. The van der Waals surface area contributed by atoms with Crippen molar-refractivity contribution >= 4 is 19.8 Å². The number of aliphatic hydroxyl groups excluding tert-OH is 5. The highest BCUT2D eigenvalue weighted by molar-refractivity contribution is 7.47. The van der Waals surface area contributed by atoms with Crippen LogP contribution < -0.4 is 0 Å². The molecular formula is C37H65O13P. The SMILES string of the molecule is CCCCC/C=C\C/C=C\C/C=C\CCCCCCCCC(=O)OC(COC(=O)CCCCC)COP(=O)(O)OC1C(O)C(O)C(O)C(O)C1O. The topological polar surface area (TPSA) is 210 Å². The van der Waals surface area contributed by atoms with E-state index in [1.165, 1.54) is 19.3 Å². The van der Waals surface area contributed by atoms with E-state index in [1.54, 1.807) is 0 Å². The third kappa shape index (κ3) is 22.0. The largest absolute Gasteiger partial charge is 0.472 e. The lowest BCUT2D eigenvalue weighted by atomic mass is 9.85. The van der Waals surface area contributed by atoms with Crippen molar-refractivity contribution in [2.45, 2.75) is 172 Å². The van der Waals surface area contributed by atoms with E-state index in [1.807, 2.05) is 6.92 Å². The molecule has 6 atom stereocenters. The third-order valence-electron chi connectivity index (χ3n) is 8.48. The Morgan fingerprint density at radius 3 is 1.65 bits per heavy atom. The maximum Gasteiger partial charge on any atom is 0.472 e. The van der Waals surface area contributed by atoms with Gasteiger partial charge in [-0.3, -0.25) is 18.6 Å². The van der Waals surface area contributed by atoms with Gasteiger partial charge in [-0.05, 0) is 51.4 Å². The predicted octanol–water partition coefficient (Wildman–Crippen LogP) is 5.49. The average Bonchev–Trinajstić information content (AvgIpc) is 3.10. The Hall–Kier alpha value is -1.93. The average molecular weight is 749 g/mol. The molecule has 0 saturated heterocycles. The number of ether oxygens (including phenoxy) is 2. The monoisotopic (exact) mass is 748 g/mol. The molecule has 0 aromatic heterocycles. The zero-order valence-corrected chi connectivity index (χ0v) is 31.5. The van der Waals surface area contributed by atoms with Crippen LogP contribution in [0.3, 0.4) is 0 Å². The van der Waals surface area contributed by atoms with Crippen molar-refractivity contribution in [3.8, 4) is 0 Å². The molecule has 1 rings (SSSR count). The van der Waals surface area contributed by atoms with E-state index in [0.717, 1.165) is 70.6 Å². The molecule has 0 radical (unpaired) electrons. The Labute approximate surface area is 304 Å². The minimum Gasteiger partial charge on any atom is -0.462 e. The summed E-state index contributed by atoms with van der Waals surface area (Å²) in [6.07, 6.45) is 16.1. The van der Waals surface area contributed by atoms with Crippen LogP contribution >= 0.6 is 7.82 Å². The lowest BCUT2D eigenvalue weighted by Crippen LogP contribution is -2.64. The molecule has 6 unspecified atom stereocenters. The Balaban J connectivity index is 2.41. The normalized spacial score (nSPS) is 24.3. The maximum absolute atomic E-state index is 12.6. The molecule has 0 heterocycles. The van der Waals surface area contributed by atoms with Gasteiger partial charge >= 0.3 is 19.8 Å². The highest BCUT2D eigenvalue weighted by Crippen LogP contribution is 2.47. The van der Waals surface area contributed by atoms with Gasteiger partial charge in [0.25, 0.3) is 0 Å². The Morgan fingerprint density at radius 1 is 0.608 bits per heavy atom. The number of esters is 2. The van der Waals surface area contributed by atoms with Crippen molar-refractivity contribution in [3.05, 3.63) is 36.5 Å². The molecular weight excluding hydrogens is 683 g/mol. The van der Waals surface area contributed by atoms with Gasteiger partial charge in [0.2, 0.25) is 0 Å². The van der Waals surface area contributed by atoms with Crippen LogP contribution in [0, 0.1) is 0 Å². The molecule has 0 bridgehead atoms. The number of aliphatic hydroxyl groups is 5. The number of carbonyl (C=O) groups excluding carboxylic acids is 2. The fourth-order valence-corrected chi connectivity index (χ4v) is 6.32. The first-order valence-electron chi connectivity index (χ1n) is 18.8. The summed E-state index contributed by atoms with van der Waals surface area (Å²) in [5, 5.41) is 49.7. The summed E-state index contributed by atoms with van der Waals surface area (Å²) < 4.78 is 33.0. The van der Waals surface area contributed by atoms with Gasteiger partial charge in [-0.25, -0.2) is 4.57 Å². The Bertz CT molecular complexity index is 1050. The number of hydrogen-bond donors (Lipinski definition) is 6. The molecule has 1 saturated carbocycles. The summed E-state index contributed by atoms with van der Waals surface area (Å²) in [5.74, 6) is -1.15. The van der Waals surface area contributed by atoms with E-state index in [-0.39, 0.29) is 12.8 Å². The molecule has 1 aliphatic rings. The minimum absolute atomic E-state index is 0.0810. The quantitative estimate of drug-likeness (QED) is 0.0242. The molecule has 14 heteroatoms. The molecule has 13 nitrogen and oxygen atoms in total. The first-order chi connectivity index (χ1) is 24.4. The Morgan fingerprint density at radius 2 is 1.06 bits per heavy atom. The molecule has 0 aromatic carbocycles. The number of unbranched alkanes of at least 4 members (excludes halogenated alkanes) is 11. The highest BCUT2D eigenvalue weighted by atomic mass is 31.2. The van der Waals surface area contributed by atoms with Crippen LogP contribution in [-0.4, -0.2) is 98.3 Å². The number of phosphoric ester groups is 1. The van der Waals surface area contributed by atoms with Crippen LogP contribution in [0.2, 0.25) is 0 Å². The van der Waals surface area contributed by atoms with Crippen molar-refractivity contribution in [2.24, 2.45) is 0 Å². The van der Waals surface area contributed by atoms with Crippen LogP contribution in [0.4, 0.5) is 0 Å². The number of phosphoric acid groups is 1. The molecule has 6 N–H and O–H groups in total. The van der Waals surface area contributed by atoms with Crippen LogP contribution in [0.5, 0.6) is 0 Å². The van der Waals surface area contributed by atoms with Gasteiger partial charge in [-0.15, -0.1) is 0 Å². The first-order valence-corrected chi connectivity index (χ1v) is 20.3. The van der Waals surface area contributed by atoms with Crippen molar-refractivity contribution in [2.75, 3.05) is 13.2 Å². The van der Waals surface area contributed by atoms with Crippen molar-refractivity contribution in [1.82, 2.24) is 0 Å². The van der Waals surface area contributed by atoms with Gasteiger partial charge in [0.1, 0.15) is 43.2 Å². The highest BCUT2D eigenvalue weighted by Gasteiger charge is 2.51. The lowest BCUT2D eigenvalue weighted by molar-refractivity contribution is -0.220. The predicted molar refractivity (Wildman–Crippen MR) is 193 cm³/mol. The van der Waals surface area contributed by atoms with Crippen LogP contribution in [-0.2, 0) is 32.7 Å². The van der Waals surface area contributed by atoms with Gasteiger partial charge < -0.3 is 39.9 Å². The molecule has 1 aliphatic carbocycles. The van der Waals surface area contributed by atoms with Crippen LogP contribution in [0.15, 0.2) is 36.5 Å². The van der Waals surface area contributed by atoms with E-state index in [9.17, 15) is 44.6 Å². The second-order valence-corrected chi connectivity index (χ2v) is 14.5. The van der Waals surface area contributed by atoms with E-state index in [2.05, 4.69) is 43.4 Å². The number of hydrogen-bond acceptors (Lipinski definition) is 12. The summed E-state index contributed by atoms with van der Waals surface area (Å²) >= 11 is 0. The number of allylic oxidation sites excluding steroid dienone is 6. The lowest BCUT2D eigenvalue weighted by Gasteiger charge is -2.41. The van der Waals surface area contributed by atoms with Crippen molar-refractivity contribution in [1.29, 1.82) is 0 Å². The number of rotatable bonds is 29. The summed E-state index contributed by atoms with van der Waals surface area (Å²) in [6.45, 7) is 3.01. The second-order valence-electron chi connectivity index (χ2n) is 13.1. The molecule has 51 heavy (non-hydrogen) atoms.